The summed E-state index contributed by atoms with van der Waals surface area (Å²) in [5, 5.41) is 19.0. The van der Waals surface area contributed by atoms with Crippen molar-refractivity contribution < 1.29 is 23.4 Å². The zero-order valence-electron chi connectivity index (χ0n) is 12.2. The van der Waals surface area contributed by atoms with Gasteiger partial charge in [0.2, 0.25) is 0 Å². The molecule has 0 aromatic carbocycles. The van der Waals surface area contributed by atoms with Crippen LogP contribution >= 0.6 is 0 Å². The van der Waals surface area contributed by atoms with Gasteiger partial charge in [0.25, 0.3) is 10.2 Å². The predicted octanol–water partition coefficient (Wildman–Crippen LogP) is 0.263. The van der Waals surface area contributed by atoms with Crippen LogP contribution in [0.3, 0.4) is 0 Å². The molecule has 0 aromatic rings. The number of hydrogen-bond donors (Lipinski definition) is 2. The van der Waals surface area contributed by atoms with Crippen LogP contribution in [0, 0.1) is 0 Å². The van der Waals surface area contributed by atoms with Crippen LogP contribution in [-0.4, -0.2) is 64.5 Å². The fourth-order valence-corrected chi connectivity index (χ4v) is 4.34. The Morgan fingerprint density at radius 2 is 2.00 bits per heavy atom. The summed E-state index contributed by atoms with van der Waals surface area (Å²) in [5.74, 6) is -1.12. The van der Waals surface area contributed by atoms with E-state index in [0.717, 1.165) is 8.61 Å². The second-order valence-corrected chi connectivity index (χ2v) is 7.59. The average molecular weight is 308 g/mol. The lowest BCUT2D eigenvalue weighted by Crippen LogP contribution is -2.55. The second-order valence-electron chi connectivity index (χ2n) is 5.71. The van der Waals surface area contributed by atoms with Gasteiger partial charge in [-0.05, 0) is 33.1 Å². The Bertz CT molecular complexity index is 443. The minimum absolute atomic E-state index is 0.0608. The molecule has 0 saturated carbocycles. The Balaban J connectivity index is 3.02. The topological polar surface area (TPSA) is 98.2 Å². The summed E-state index contributed by atoms with van der Waals surface area (Å²) in [6.07, 6.45) is 1.69. The molecule has 1 unspecified atom stereocenters. The number of carboxylic acids is 1. The summed E-state index contributed by atoms with van der Waals surface area (Å²) in [6.45, 7) is 5.06. The fraction of sp³-hybridized carbons (Fsp3) is 0.917. The first-order valence-corrected chi connectivity index (χ1v) is 8.21. The number of hydrogen-bond acceptors (Lipinski definition) is 4. The quantitative estimate of drug-likeness (QED) is 0.733. The molecule has 1 aliphatic rings. The maximum atomic E-state index is 12.6. The van der Waals surface area contributed by atoms with Gasteiger partial charge >= 0.3 is 5.97 Å². The lowest BCUT2D eigenvalue weighted by Gasteiger charge is -2.37. The summed E-state index contributed by atoms with van der Waals surface area (Å²) < 4.78 is 27.4. The minimum Gasteiger partial charge on any atom is -0.480 e. The van der Waals surface area contributed by atoms with E-state index in [9.17, 15) is 23.4 Å². The first-order chi connectivity index (χ1) is 9.09. The van der Waals surface area contributed by atoms with Crippen molar-refractivity contribution in [3.8, 4) is 0 Å². The van der Waals surface area contributed by atoms with E-state index >= 15 is 0 Å². The number of carbonyl (C=O) groups is 1. The van der Waals surface area contributed by atoms with Crippen LogP contribution in [0.1, 0.15) is 40.0 Å². The predicted molar refractivity (Wildman–Crippen MR) is 74.4 cm³/mol. The second kappa shape index (κ2) is 6.38. The summed E-state index contributed by atoms with van der Waals surface area (Å²) in [7, 11) is -3.88. The van der Waals surface area contributed by atoms with E-state index in [1.165, 1.54) is 13.8 Å². The minimum atomic E-state index is -3.88. The van der Waals surface area contributed by atoms with Crippen LogP contribution in [-0.2, 0) is 15.0 Å². The lowest BCUT2D eigenvalue weighted by molar-refractivity contribution is -0.142. The van der Waals surface area contributed by atoms with Crippen molar-refractivity contribution in [2.24, 2.45) is 0 Å². The highest BCUT2D eigenvalue weighted by Crippen LogP contribution is 2.23. The van der Waals surface area contributed by atoms with Crippen molar-refractivity contribution in [1.82, 2.24) is 8.61 Å². The van der Waals surface area contributed by atoms with Crippen molar-refractivity contribution >= 4 is 16.2 Å². The van der Waals surface area contributed by atoms with Crippen LogP contribution in [0.5, 0.6) is 0 Å². The van der Waals surface area contributed by atoms with Gasteiger partial charge in [-0.25, -0.2) is 0 Å². The molecule has 1 aliphatic heterocycles. The highest BCUT2D eigenvalue weighted by molar-refractivity contribution is 7.86. The largest absolute Gasteiger partial charge is 0.480 e. The van der Waals surface area contributed by atoms with Crippen LogP contribution in [0.15, 0.2) is 0 Å². The molecule has 0 radical (unpaired) electrons. The highest BCUT2D eigenvalue weighted by Gasteiger charge is 2.40. The van der Waals surface area contributed by atoms with Gasteiger partial charge in [-0.3, -0.25) is 4.79 Å². The summed E-state index contributed by atoms with van der Waals surface area (Å²) in [6, 6.07) is -1.01. The monoisotopic (exact) mass is 308 g/mol. The number of nitrogens with zero attached hydrogens (tertiary/aromatic N) is 2. The number of carboxylic acid groups (broad SMARTS) is 1. The molecule has 0 amide bonds. The first-order valence-electron chi connectivity index (χ1n) is 6.81. The third kappa shape index (κ3) is 4.15. The van der Waals surface area contributed by atoms with Gasteiger partial charge in [-0.15, -0.1) is 0 Å². The van der Waals surface area contributed by atoms with Crippen LogP contribution < -0.4 is 0 Å². The van der Waals surface area contributed by atoms with Crippen molar-refractivity contribution in [1.29, 1.82) is 0 Å². The van der Waals surface area contributed by atoms with Gasteiger partial charge in [-0.1, -0.05) is 6.92 Å². The Morgan fingerprint density at radius 3 is 2.45 bits per heavy atom. The molecule has 7 nitrogen and oxygen atoms in total. The Kier molecular flexibility index (Phi) is 5.54. The summed E-state index contributed by atoms with van der Waals surface area (Å²) in [5.41, 5.74) is -1.17. The van der Waals surface area contributed by atoms with E-state index in [1.54, 1.807) is 6.92 Å². The Morgan fingerprint density at radius 1 is 1.40 bits per heavy atom. The van der Waals surface area contributed by atoms with Crippen LogP contribution in [0.2, 0.25) is 0 Å². The molecule has 0 aliphatic carbocycles. The molecule has 0 bridgehead atoms. The summed E-state index contributed by atoms with van der Waals surface area (Å²) >= 11 is 0. The van der Waals surface area contributed by atoms with Crippen LogP contribution in [0.4, 0.5) is 0 Å². The first kappa shape index (κ1) is 17.4. The SMILES string of the molecule is CCN(CC(C)(C)O)S(=O)(=O)N1CCCCC1C(=O)O. The number of aliphatic carboxylic acids is 1. The molecule has 20 heavy (non-hydrogen) atoms. The van der Waals surface area contributed by atoms with E-state index in [1.807, 2.05) is 0 Å². The van der Waals surface area contributed by atoms with Crippen molar-refractivity contribution in [2.45, 2.75) is 51.7 Å². The third-order valence-electron chi connectivity index (χ3n) is 3.28. The van der Waals surface area contributed by atoms with E-state index in [0.29, 0.717) is 19.3 Å². The van der Waals surface area contributed by atoms with Gasteiger partial charge < -0.3 is 10.2 Å². The molecule has 8 heteroatoms. The van der Waals surface area contributed by atoms with Gasteiger partial charge in [-0.2, -0.15) is 17.0 Å². The fourth-order valence-electron chi connectivity index (χ4n) is 2.36. The van der Waals surface area contributed by atoms with Gasteiger partial charge in [0.15, 0.2) is 0 Å². The number of rotatable bonds is 6. The van der Waals surface area contributed by atoms with Gasteiger partial charge in [0.1, 0.15) is 6.04 Å². The van der Waals surface area contributed by atoms with Crippen molar-refractivity contribution in [3.63, 3.8) is 0 Å². The van der Waals surface area contributed by atoms with E-state index in [4.69, 9.17) is 0 Å². The zero-order valence-corrected chi connectivity index (χ0v) is 13.1. The molecule has 118 valence electrons. The molecular weight excluding hydrogens is 284 g/mol. The maximum Gasteiger partial charge on any atom is 0.322 e. The molecule has 0 spiro atoms. The highest BCUT2D eigenvalue weighted by atomic mass is 32.2. The molecule has 2 N–H and O–H groups in total. The standard InChI is InChI=1S/C12H24N2O5S/c1-4-13(9-12(2,3)17)20(18,19)14-8-6-5-7-10(14)11(15)16/h10,17H,4-9H2,1-3H3,(H,15,16). The molecule has 1 atom stereocenters. The lowest BCUT2D eigenvalue weighted by atomic mass is 10.1. The number of piperidine rings is 1. The molecule has 1 rings (SSSR count). The van der Waals surface area contributed by atoms with Gasteiger partial charge in [0, 0.05) is 19.6 Å². The van der Waals surface area contributed by atoms with Crippen LogP contribution in [0.25, 0.3) is 0 Å². The molecule has 0 aromatic heterocycles. The van der Waals surface area contributed by atoms with E-state index < -0.39 is 27.8 Å². The summed E-state index contributed by atoms with van der Waals surface area (Å²) in [4.78, 5) is 11.2. The number of aliphatic hydroxyl groups is 1. The molecule has 1 heterocycles. The third-order valence-corrected chi connectivity index (χ3v) is 5.35. The zero-order chi connectivity index (χ0) is 15.6. The molecule has 1 fully saturated rings. The molecule has 1 saturated heterocycles. The average Bonchev–Trinajstić information content (AvgIpc) is 2.34. The maximum absolute atomic E-state index is 12.6. The Labute approximate surface area is 120 Å². The van der Waals surface area contributed by atoms with Crippen molar-refractivity contribution in [3.05, 3.63) is 0 Å². The van der Waals surface area contributed by atoms with Crippen molar-refractivity contribution in [2.75, 3.05) is 19.6 Å². The van der Waals surface area contributed by atoms with Gasteiger partial charge in [0.05, 0.1) is 5.60 Å². The number of likely N-dealkylation sites (N-methyl/N-ethyl adjacent to an activating group) is 1. The van der Waals surface area contributed by atoms with E-state index in [-0.39, 0.29) is 19.6 Å². The smallest absolute Gasteiger partial charge is 0.322 e. The normalized spacial score (nSPS) is 22.1. The van der Waals surface area contributed by atoms with E-state index in [2.05, 4.69) is 0 Å². The Hall–Kier alpha value is -0.700. The molecular formula is C12H24N2O5S.